The van der Waals surface area contributed by atoms with E-state index in [1.54, 1.807) is 12.4 Å². The molecule has 0 atom stereocenters. The summed E-state index contributed by atoms with van der Waals surface area (Å²) >= 11 is 0. The number of fused-ring (bicyclic) bond motifs is 1. The minimum Gasteiger partial charge on any atom is -0.459 e. The van der Waals surface area contributed by atoms with Gasteiger partial charge < -0.3 is 9.64 Å². The second-order valence-electron chi connectivity index (χ2n) is 6.72. The Morgan fingerprint density at radius 1 is 1.11 bits per heavy atom. The lowest BCUT2D eigenvalue weighted by atomic mass is 10.0. The first kappa shape index (κ1) is 19.3. The third-order valence-electron chi connectivity index (χ3n) is 4.85. The number of esters is 1. The van der Waals surface area contributed by atoms with Gasteiger partial charge in [-0.15, -0.1) is 12.4 Å². The molecule has 1 aliphatic rings. The van der Waals surface area contributed by atoms with Gasteiger partial charge >= 0.3 is 5.97 Å². The highest BCUT2D eigenvalue weighted by molar-refractivity contribution is 6.04. The molecule has 0 unspecified atom stereocenters. The van der Waals surface area contributed by atoms with Crippen molar-refractivity contribution < 1.29 is 9.53 Å². The first-order chi connectivity index (χ1) is 12.7. The zero-order valence-corrected chi connectivity index (χ0v) is 16.0. The largest absolute Gasteiger partial charge is 0.459 e. The smallest absolute Gasteiger partial charge is 0.339 e. The molecular weight excluding hydrogens is 362 g/mol. The zero-order chi connectivity index (χ0) is 17.9. The molecule has 0 amide bonds. The van der Waals surface area contributed by atoms with Crippen LogP contribution in [0, 0.1) is 0 Å². The molecule has 0 aliphatic carbocycles. The van der Waals surface area contributed by atoms with Gasteiger partial charge in [-0.05, 0) is 44.2 Å². The Kier molecular flexibility index (Phi) is 6.04. The number of carbonyl (C=O) groups is 1. The fourth-order valence-electron chi connectivity index (χ4n) is 3.33. The molecule has 0 spiro atoms. The van der Waals surface area contributed by atoms with Crippen molar-refractivity contribution in [3.05, 3.63) is 60.4 Å². The van der Waals surface area contributed by atoms with Crippen LogP contribution in [0.15, 0.2) is 54.9 Å². The van der Waals surface area contributed by atoms with Crippen molar-refractivity contribution in [2.45, 2.75) is 18.9 Å². The SMILES string of the molecule is CN1CCC(OC(=O)c2cc(-c3ccncc3)nc3ccccc23)CC1.Cl. The van der Waals surface area contributed by atoms with Crippen LogP contribution in [0.25, 0.3) is 22.2 Å². The van der Waals surface area contributed by atoms with Crippen molar-refractivity contribution in [1.82, 2.24) is 14.9 Å². The molecule has 1 aromatic carbocycles. The highest BCUT2D eigenvalue weighted by atomic mass is 35.5. The van der Waals surface area contributed by atoms with E-state index in [4.69, 9.17) is 9.72 Å². The maximum Gasteiger partial charge on any atom is 0.339 e. The fraction of sp³-hybridized carbons (Fsp3) is 0.286. The van der Waals surface area contributed by atoms with Crippen molar-refractivity contribution in [3.63, 3.8) is 0 Å². The number of benzene rings is 1. The standard InChI is InChI=1S/C21H21N3O2.ClH/c1-24-12-8-16(9-13-24)26-21(25)18-14-20(15-6-10-22-11-7-15)23-19-5-3-2-4-17(18)19;/h2-7,10-11,14,16H,8-9,12-13H2,1H3;1H. The van der Waals surface area contributed by atoms with E-state index in [2.05, 4.69) is 16.9 Å². The summed E-state index contributed by atoms with van der Waals surface area (Å²) in [4.78, 5) is 23.9. The van der Waals surface area contributed by atoms with Crippen LogP contribution >= 0.6 is 12.4 Å². The molecule has 4 rings (SSSR count). The molecular formula is C21H22ClN3O2. The van der Waals surface area contributed by atoms with E-state index in [1.807, 2.05) is 42.5 Å². The highest BCUT2D eigenvalue weighted by Crippen LogP contribution is 2.26. The molecule has 1 saturated heterocycles. The molecule has 3 aromatic rings. The van der Waals surface area contributed by atoms with E-state index in [0.29, 0.717) is 5.56 Å². The predicted molar refractivity (Wildman–Crippen MR) is 108 cm³/mol. The summed E-state index contributed by atoms with van der Waals surface area (Å²) in [5, 5.41) is 0.822. The van der Waals surface area contributed by atoms with Crippen LogP contribution < -0.4 is 0 Å². The number of nitrogens with zero attached hydrogens (tertiary/aromatic N) is 3. The molecule has 0 radical (unpaired) electrons. The fourth-order valence-corrected chi connectivity index (χ4v) is 3.33. The zero-order valence-electron chi connectivity index (χ0n) is 15.2. The molecule has 5 nitrogen and oxygen atoms in total. The van der Waals surface area contributed by atoms with E-state index in [0.717, 1.165) is 48.1 Å². The number of ether oxygens (including phenoxy) is 1. The highest BCUT2D eigenvalue weighted by Gasteiger charge is 2.23. The Morgan fingerprint density at radius 2 is 1.81 bits per heavy atom. The van der Waals surface area contributed by atoms with Gasteiger partial charge in [0.2, 0.25) is 0 Å². The van der Waals surface area contributed by atoms with Crippen LogP contribution in [-0.2, 0) is 4.74 Å². The van der Waals surface area contributed by atoms with Crippen LogP contribution in [0.5, 0.6) is 0 Å². The Bertz CT molecular complexity index is 925. The molecule has 3 heterocycles. The Labute approximate surface area is 164 Å². The van der Waals surface area contributed by atoms with Crippen LogP contribution in [-0.4, -0.2) is 47.1 Å². The second-order valence-corrected chi connectivity index (χ2v) is 6.72. The van der Waals surface area contributed by atoms with Crippen molar-refractivity contribution in [2.24, 2.45) is 0 Å². The topological polar surface area (TPSA) is 55.3 Å². The average Bonchev–Trinajstić information content (AvgIpc) is 2.69. The first-order valence-corrected chi connectivity index (χ1v) is 8.90. The molecule has 1 aliphatic heterocycles. The van der Waals surface area contributed by atoms with Gasteiger partial charge in [-0.1, -0.05) is 18.2 Å². The van der Waals surface area contributed by atoms with Crippen molar-refractivity contribution in [2.75, 3.05) is 20.1 Å². The van der Waals surface area contributed by atoms with E-state index in [-0.39, 0.29) is 24.5 Å². The Balaban J connectivity index is 0.00000210. The molecule has 1 fully saturated rings. The lowest BCUT2D eigenvalue weighted by Crippen LogP contribution is -2.35. The number of halogens is 1. The van der Waals surface area contributed by atoms with E-state index in [1.165, 1.54) is 0 Å². The summed E-state index contributed by atoms with van der Waals surface area (Å²) in [7, 11) is 2.09. The minimum absolute atomic E-state index is 0. The van der Waals surface area contributed by atoms with Gasteiger partial charge in [0, 0.05) is 36.4 Å². The number of piperidine rings is 1. The summed E-state index contributed by atoms with van der Waals surface area (Å²) in [6, 6.07) is 13.3. The molecule has 0 saturated carbocycles. The van der Waals surface area contributed by atoms with Crippen LogP contribution in [0.3, 0.4) is 0 Å². The lowest BCUT2D eigenvalue weighted by molar-refractivity contribution is 0.0141. The second kappa shape index (κ2) is 8.46. The van der Waals surface area contributed by atoms with Gasteiger partial charge in [-0.25, -0.2) is 9.78 Å². The van der Waals surface area contributed by atoms with Crippen molar-refractivity contribution in [3.8, 4) is 11.3 Å². The quantitative estimate of drug-likeness (QED) is 0.640. The first-order valence-electron chi connectivity index (χ1n) is 8.90. The van der Waals surface area contributed by atoms with Gasteiger partial charge in [-0.3, -0.25) is 4.98 Å². The molecule has 140 valence electrons. The number of hydrogen-bond donors (Lipinski definition) is 0. The lowest BCUT2D eigenvalue weighted by Gasteiger charge is -2.28. The number of para-hydroxylation sites is 1. The van der Waals surface area contributed by atoms with E-state index >= 15 is 0 Å². The Morgan fingerprint density at radius 3 is 2.56 bits per heavy atom. The number of carbonyl (C=O) groups excluding carboxylic acids is 1. The summed E-state index contributed by atoms with van der Waals surface area (Å²) < 4.78 is 5.82. The van der Waals surface area contributed by atoms with Crippen molar-refractivity contribution >= 4 is 29.3 Å². The molecule has 0 N–H and O–H groups in total. The van der Waals surface area contributed by atoms with Crippen molar-refractivity contribution in [1.29, 1.82) is 0 Å². The van der Waals surface area contributed by atoms with Gasteiger partial charge in [0.15, 0.2) is 0 Å². The summed E-state index contributed by atoms with van der Waals surface area (Å²) in [6.45, 7) is 1.91. The summed E-state index contributed by atoms with van der Waals surface area (Å²) in [5.41, 5.74) is 3.04. The minimum atomic E-state index is -0.270. The van der Waals surface area contributed by atoms with Crippen LogP contribution in [0.1, 0.15) is 23.2 Å². The maximum atomic E-state index is 12.9. The molecule has 2 aromatic heterocycles. The van der Waals surface area contributed by atoms with Gasteiger partial charge in [-0.2, -0.15) is 0 Å². The third kappa shape index (κ3) is 4.26. The number of pyridine rings is 2. The third-order valence-corrected chi connectivity index (χ3v) is 4.85. The molecule has 6 heteroatoms. The predicted octanol–water partition coefficient (Wildman–Crippen LogP) is 3.97. The monoisotopic (exact) mass is 383 g/mol. The Hall–Kier alpha value is -2.50. The van der Waals surface area contributed by atoms with Gasteiger partial charge in [0.25, 0.3) is 0 Å². The molecule has 0 bridgehead atoms. The summed E-state index contributed by atoms with van der Waals surface area (Å²) in [5.74, 6) is -0.270. The normalized spacial score (nSPS) is 15.3. The van der Waals surface area contributed by atoms with Gasteiger partial charge in [0.05, 0.1) is 16.8 Å². The number of rotatable bonds is 3. The molecule has 27 heavy (non-hydrogen) atoms. The van der Waals surface area contributed by atoms with Crippen LogP contribution in [0.4, 0.5) is 0 Å². The van der Waals surface area contributed by atoms with Gasteiger partial charge in [0.1, 0.15) is 6.10 Å². The number of likely N-dealkylation sites (tertiary alicyclic amines) is 1. The van der Waals surface area contributed by atoms with E-state index in [9.17, 15) is 4.79 Å². The maximum absolute atomic E-state index is 12.9. The average molecular weight is 384 g/mol. The van der Waals surface area contributed by atoms with E-state index < -0.39 is 0 Å². The van der Waals surface area contributed by atoms with Crippen LogP contribution in [0.2, 0.25) is 0 Å². The summed E-state index contributed by atoms with van der Waals surface area (Å²) in [6.07, 6.45) is 5.19. The number of hydrogen-bond acceptors (Lipinski definition) is 5. The number of aromatic nitrogens is 2.